The van der Waals surface area contributed by atoms with Crippen molar-refractivity contribution in [2.24, 2.45) is 0 Å². The first-order chi connectivity index (χ1) is 7.84. The van der Waals surface area contributed by atoms with Crippen molar-refractivity contribution in [3.8, 4) is 0 Å². The Kier molecular flexibility index (Phi) is 2.67. The predicted molar refractivity (Wildman–Crippen MR) is 63.7 cm³/mol. The summed E-state index contributed by atoms with van der Waals surface area (Å²) >= 11 is 1.94. The van der Waals surface area contributed by atoms with Gasteiger partial charge in [-0.1, -0.05) is 0 Å². The van der Waals surface area contributed by atoms with Crippen LogP contribution in [-0.2, 0) is 6.42 Å². The first kappa shape index (κ1) is 10.3. The Labute approximate surface area is 99.1 Å². The van der Waals surface area contributed by atoms with E-state index in [0.717, 1.165) is 29.9 Å². The van der Waals surface area contributed by atoms with Crippen LogP contribution >= 0.6 is 11.8 Å². The molecule has 0 saturated carbocycles. The van der Waals surface area contributed by atoms with Crippen LogP contribution in [0.25, 0.3) is 0 Å². The van der Waals surface area contributed by atoms with Crippen LogP contribution < -0.4 is 0 Å². The maximum Gasteiger partial charge on any atom is 0.166 e. The summed E-state index contributed by atoms with van der Waals surface area (Å²) in [5.74, 6) is 2.37. The molecule has 3 nitrogen and oxygen atoms in total. The van der Waals surface area contributed by atoms with Crippen LogP contribution in [-0.4, -0.2) is 21.5 Å². The van der Waals surface area contributed by atoms with Gasteiger partial charge in [-0.3, -0.25) is 4.79 Å². The molecule has 1 unspecified atom stereocenters. The third-order valence-corrected chi connectivity index (χ3v) is 4.60. The molecule has 0 aromatic carbocycles. The van der Waals surface area contributed by atoms with Crippen molar-refractivity contribution in [2.45, 2.75) is 37.4 Å². The highest BCUT2D eigenvalue weighted by Crippen LogP contribution is 2.38. The zero-order valence-electron chi connectivity index (χ0n) is 9.11. The summed E-state index contributed by atoms with van der Waals surface area (Å²) in [5.41, 5.74) is 1.74. The molecular weight excluding hydrogens is 220 g/mol. The Hall–Kier alpha value is -0.900. The van der Waals surface area contributed by atoms with Crippen molar-refractivity contribution in [3.05, 3.63) is 23.3 Å². The number of hydrogen-bond donors (Lipinski definition) is 0. The van der Waals surface area contributed by atoms with Gasteiger partial charge in [-0.25, -0.2) is 9.97 Å². The zero-order valence-corrected chi connectivity index (χ0v) is 9.92. The molecule has 0 amide bonds. The maximum absolute atomic E-state index is 11.6. The molecule has 1 aliphatic carbocycles. The number of fused-ring (bicyclic) bond motifs is 1. The lowest BCUT2D eigenvalue weighted by Crippen LogP contribution is -2.15. The summed E-state index contributed by atoms with van der Waals surface area (Å²) < 4.78 is 0. The van der Waals surface area contributed by atoms with E-state index in [0.29, 0.717) is 11.7 Å². The number of ketones is 1. The molecule has 2 heterocycles. The predicted octanol–water partition coefficient (Wildman–Crippen LogP) is 2.56. The van der Waals surface area contributed by atoms with Gasteiger partial charge in [0.1, 0.15) is 5.82 Å². The third-order valence-electron chi connectivity index (χ3n) is 3.22. The number of hydrogen-bond acceptors (Lipinski definition) is 4. The van der Waals surface area contributed by atoms with Crippen molar-refractivity contribution in [1.82, 2.24) is 9.97 Å². The van der Waals surface area contributed by atoms with Gasteiger partial charge in [-0.05, 0) is 31.4 Å². The minimum absolute atomic E-state index is 0.215. The van der Waals surface area contributed by atoms with Crippen molar-refractivity contribution < 1.29 is 4.79 Å². The number of thioether (sulfide) groups is 1. The third kappa shape index (κ3) is 1.75. The Morgan fingerprint density at radius 3 is 3.06 bits per heavy atom. The summed E-state index contributed by atoms with van der Waals surface area (Å²) in [6, 6.07) is 0. The van der Waals surface area contributed by atoms with E-state index in [1.165, 1.54) is 18.6 Å². The summed E-state index contributed by atoms with van der Waals surface area (Å²) in [6.07, 6.45) is 6.73. The van der Waals surface area contributed by atoms with Crippen LogP contribution in [0, 0.1) is 0 Å². The van der Waals surface area contributed by atoms with Crippen LogP contribution in [0.1, 0.15) is 52.8 Å². The molecular formula is C12H14N2OS. The second-order valence-corrected chi connectivity index (χ2v) is 5.68. The van der Waals surface area contributed by atoms with Crippen molar-refractivity contribution >= 4 is 17.5 Å². The molecule has 1 aromatic heterocycles. The van der Waals surface area contributed by atoms with Crippen molar-refractivity contribution in [3.63, 3.8) is 0 Å². The molecule has 0 bridgehead atoms. The fourth-order valence-corrected chi connectivity index (χ4v) is 3.56. The van der Waals surface area contributed by atoms with Gasteiger partial charge < -0.3 is 0 Å². The van der Waals surface area contributed by atoms with Crippen LogP contribution in [0.4, 0.5) is 0 Å². The Morgan fingerprint density at radius 2 is 2.25 bits per heavy atom. The number of carbonyl (C=O) groups excluding carboxylic acids is 1. The standard InChI is InChI=1S/C12H14N2OS/c15-10-4-1-3-9-8(10)7-13-12(14-9)11-5-2-6-16-11/h7,11H,1-6H2. The van der Waals surface area contributed by atoms with Crippen LogP contribution in [0.15, 0.2) is 6.20 Å². The van der Waals surface area contributed by atoms with Crippen LogP contribution in [0.3, 0.4) is 0 Å². The van der Waals surface area contributed by atoms with Gasteiger partial charge in [0.25, 0.3) is 0 Å². The molecule has 3 rings (SSSR count). The number of aromatic nitrogens is 2. The molecule has 16 heavy (non-hydrogen) atoms. The maximum atomic E-state index is 11.6. The quantitative estimate of drug-likeness (QED) is 0.749. The topological polar surface area (TPSA) is 42.9 Å². The van der Waals surface area contributed by atoms with Gasteiger partial charge in [-0.15, -0.1) is 0 Å². The molecule has 1 atom stereocenters. The normalized spacial score (nSPS) is 24.5. The molecule has 1 aromatic rings. The lowest BCUT2D eigenvalue weighted by Gasteiger charge is -2.15. The molecule has 0 radical (unpaired) electrons. The molecule has 4 heteroatoms. The van der Waals surface area contributed by atoms with E-state index in [1.54, 1.807) is 6.20 Å². The SMILES string of the molecule is O=C1CCCc2nc(C3CCCS3)ncc21. The monoisotopic (exact) mass is 234 g/mol. The zero-order chi connectivity index (χ0) is 11.0. The highest BCUT2D eigenvalue weighted by Gasteiger charge is 2.24. The van der Waals surface area contributed by atoms with E-state index in [9.17, 15) is 4.79 Å². The number of carbonyl (C=O) groups is 1. The molecule has 0 spiro atoms. The molecule has 1 fully saturated rings. The second kappa shape index (κ2) is 4.17. The average molecular weight is 234 g/mol. The van der Waals surface area contributed by atoms with Gasteiger partial charge in [0.15, 0.2) is 5.78 Å². The van der Waals surface area contributed by atoms with Crippen molar-refractivity contribution in [1.29, 1.82) is 0 Å². The number of aryl methyl sites for hydroxylation is 1. The van der Waals surface area contributed by atoms with Gasteiger partial charge in [0, 0.05) is 12.6 Å². The molecule has 84 valence electrons. The van der Waals surface area contributed by atoms with Crippen LogP contribution in [0.2, 0.25) is 0 Å². The van der Waals surface area contributed by atoms with Gasteiger partial charge >= 0.3 is 0 Å². The fraction of sp³-hybridized carbons (Fsp3) is 0.583. The highest BCUT2D eigenvalue weighted by atomic mass is 32.2. The summed E-state index contributed by atoms with van der Waals surface area (Å²) in [5, 5.41) is 0.460. The fourth-order valence-electron chi connectivity index (χ4n) is 2.34. The largest absolute Gasteiger partial charge is 0.294 e. The Balaban J connectivity index is 1.94. The second-order valence-electron chi connectivity index (χ2n) is 4.37. The molecule has 2 aliphatic rings. The first-order valence-corrected chi connectivity index (χ1v) is 6.90. The van der Waals surface area contributed by atoms with Gasteiger partial charge in [0.05, 0.1) is 16.5 Å². The summed E-state index contributed by atoms with van der Waals surface area (Å²) in [6.45, 7) is 0. The number of rotatable bonds is 1. The number of nitrogens with zero attached hydrogens (tertiary/aromatic N) is 2. The first-order valence-electron chi connectivity index (χ1n) is 5.85. The van der Waals surface area contributed by atoms with E-state index < -0.39 is 0 Å². The number of Topliss-reactive ketones (excluding diaryl/α,β-unsaturated/α-hetero) is 1. The minimum Gasteiger partial charge on any atom is -0.294 e. The molecule has 1 aliphatic heterocycles. The van der Waals surface area contributed by atoms with Crippen molar-refractivity contribution in [2.75, 3.05) is 5.75 Å². The molecule has 0 N–H and O–H groups in total. The smallest absolute Gasteiger partial charge is 0.166 e. The Bertz CT molecular complexity index is 427. The summed E-state index contributed by atoms with van der Waals surface area (Å²) in [4.78, 5) is 20.6. The van der Waals surface area contributed by atoms with E-state index in [4.69, 9.17) is 0 Å². The highest BCUT2D eigenvalue weighted by molar-refractivity contribution is 7.99. The van der Waals surface area contributed by atoms with E-state index >= 15 is 0 Å². The Morgan fingerprint density at radius 1 is 1.31 bits per heavy atom. The lowest BCUT2D eigenvalue weighted by molar-refractivity contribution is 0.0971. The van der Waals surface area contributed by atoms with E-state index in [2.05, 4.69) is 9.97 Å². The summed E-state index contributed by atoms with van der Waals surface area (Å²) in [7, 11) is 0. The lowest BCUT2D eigenvalue weighted by atomic mass is 9.96. The molecule has 1 saturated heterocycles. The van der Waals surface area contributed by atoms with E-state index in [1.807, 2.05) is 11.8 Å². The van der Waals surface area contributed by atoms with E-state index in [-0.39, 0.29) is 5.78 Å². The van der Waals surface area contributed by atoms with Gasteiger partial charge in [0.2, 0.25) is 0 Å². The van der Waals surface area contributed by atoms with Crippen LogP contribution in [0.5, 0.6) is 0 Å². The van der Waals surface area contributed by atoms with Gasteiger partial charge in [-0.2, -0.15) is 11.8 Å². The average Bonchev–Trinajstić information content (AvgIpc) is 2.82. The minimum atomic E-state index is 0.215.